The van der Waals surface area contributed by atoms with Gasteiger partial charge in [-0.25, -0.2) is 4.98 Å². The lowest BCUT2D eigenvalue weighted by atomic mass is 10.1. The van der Waals surface area contributed by atoms with E-state index in [0.29, 0.717) is 0 Å². The van der Waals surface area contributed by atoms with Gasteiger partial charge in [0.1, 0.15) is 5.82 Å². The summed E-state index contributed by atoms with van der Waals surface area (Å²) in [6.07, 6.45) is 2.01. The average Bonchev–Trinajstić information content (AvgIpc) is 2.39. The molecule has 2 rings (SSSR count). The minimum atomic E-state index is -0.727. The van der Waals surface area contributed by atoms with Crippen LogP contribution in [0.1, 0.15) is 13.3 Å². The first-order valence-electron chi connectivity index (χ1n) is 6.28. The molecule has 5 nitrogen and oxygen atoms in total. The predicted octanol–water partition coefficient (Wildman–Crippen LogP) is 1.07. The number of hydrogen-bond acceptors (Lipinski definition) is 4. The monoisotopic (exact) mass is 249 g/mol. The van der Waals surface area contributed by atoms with Crippen LogP contribution in [0.5, 0.6) is 0 Å². The molecule has 0 spiro atoms. The van der Waals surface area contributed by atoms with Crippen molar-refractivity contribution >= 4 is 11.8 Å². The van der Waals surface area contributed by atoms with Crippen molar-refractivity contribution in [1.82, 2.24) is 9.88 Å². The highest BCUT2D eigenvalue weighted by Gasteiger charge is 2.22. The van der Waals surface area contributed by atoms with Gasteiger partial charge in [0.25, 0.3) is 0 Å². The van der Waals surface area contributed by atoms with Gasteiger partial charge in [0, 0.05) is 38.4 Å². The highest BCUT2D eigenvalue weighted by molar-refractivity contribution is 5.67. The van der Waals surface area contributed by atoms with E-state index in [1.807, 2.05) is 25.1 Å². The highest BCUT2D eigenvalue weighted by Crippen LogP contribution is 2.14. The number of aliphatic carboxylic acids is 1. The van der Waals surface area contributed by atoms with Gasteiger partial charge >= 0.3 is 5.97 Å². The number of aromatic nitrogens is 1. The van der Waals surface area contributed by atoms with E-state index >= 15 is 0 Å². The Kier molecular flexibility index (Phi) is 4.15. The lowest BCUT2D eigenvalue weighted by Crippen LogP contribution is -2.50. The second-order valence-electron chi connectivity index (χ2n) is 4.66. The van der Waals surface area contributed by atoms with E-state index in [0.717, 1.165) is 32.0 Å². The molecule has 1 saturated heterocycles. The highest BCUT2D eigenvalue weighted by atomic mass is 16.4. The summed E-state index contributed by atoms with van der Waals surface area (Å²) in [5, 5.41) is 8.80. The van der Waals surface area contributed by atoms with Crippen molar-refractivity contribution in [2.24, 2.45) is 0 Å². The smallest absolute Gasteiger partial charge is 0.304 e. The fraction of sp³-hybridized carbons (Fsp3) is 0.538. The zero-order chi connectivity index (χ0) is 13.0. The van der Waals surface area contributed by atoms with Crippen LogP contribution in [0.25, 0.3) is 0 Å². The maximum Gasteiger partial charge on any atom is 0.304 e. The summed E-state index contributed by atoms with van der Waals surface area (Å²) in [7, 11) is 0. The zero-order valence-electron chi connectivity index (χ0n) is 10.6. The molecule has 98 valence electrons. The standard InChI is InChI=1S/C13H19N3O2/c1-11(10-13(17)18)15-6-8-16(9-7-15)12-4-2-3-5-14-12/h2-5,11H,6-10H2,1H3,(H,17,18). The Morgan fingerprint density at radius 3 is 2.67 bits per heavy atom. The molecule has 0 amide bonds. The lowest BCUT2D eigenvalue weighted by Gasteiger charge is -2.38. The van der Waals surface area contributed by atoms with Crippen LogP contribution < -0.4 is 4.90 Å². The van der Waals surface area contributed by atoms with Crippen molar-refractivity contribution < 1.29 is 9.90 Å². The van der Waals surface area contributed by atoms with Crippen molar-refractivity contribution in [2.45, 2.75) is 19.4 Å². The van der Waals surface area contributed by atoms with Crippen LogP contribution in [-0.2, 0) is 4.79 Å². The number of anilines is 1. The third-order valence-corrected chi connectivity index (χ3v) is 3.38. The summed E-state index contributed by atoms with van der Waals surface area (Å²) in [6.45, 7) is 5.57. The van der Waals surface area contributed by atoms with Crippen LogP contribution in [0.3, 0.4) is 0 Å². The molecule has 0 aliphatic carbocycles. The summed E-state index contributed by atoms with van der Waals surface area (Å²) in [5.74, 6) is 0.276. The number of carboxylic acids is 1. The first kappa shape index (κ1) is 12.8. The number of nitrogens with zero attached hydrogens (tertiary/aromatic N) is 3. The van der Waals surface area contributed by atoms with E-state index in [9.17, 15) is 4.79 Å². The zero-order valence-corrected chi connectivity index (χ0v) is 10.6. The second-order valence-corrected chi connectivity index (χ2v) is 4.66. The second kappa shape index (κ2) is 5.82. The Balaban J connectivity index is 1.86. The summed E-state index contributed by atoms with van der Waals surface area (Å²) in [6, 6.07) is 6.01. The van der Waals surface area contributed by atoms with Gasteiger partial charge in [0.15, 0.2) is 0 Å². The molecule has 0 saturated carbocycles. The van der Waals surface area contributed by atoms with Gasteiger partial charge in [-0.1, -0.05) is 6.07 Å². The Morgan fingerprint density at radius 1 is 1.39 bits per heavy atom. The summed E-state index contributed by atoms with van der Waals surface area (Å²) in [5.41, 5.74) is 0. The molecule has 1 aromatic rings. The molecule has 1 atom stereocenters. The van der Waals surface area contributed by atoms with Crippen LogP contribution in [0.15, 0.2) is 24.4 Å². The van der Waals surface area contributed by atoms with Gasteiger partial charge in [-0.3, -0.25) is 9.69 Å². The van der Waals surface area contributed by atoms with Crippen LogP contribution in [0.4, 0.5) is 5.82 Å². The largest absolute Gasteiger partial charge is 0.481 e. The number of rotatable bonds is 4. The molecule has 1 aliphatic heterocycles. The first-order chi connectivity index (χ1) is 8.66. The quantitative estimate of drug-likeness (QED) is 0.865. The van der Waals surface area contributed by atoms with Crippen LogP contribution in [-0.4, -0.2) is 53.2 Å². The molecule has 5 heteroatoms. The van der Waals surface area contributed by atoms with Gasteiger partial charge in [0.2, 0.25) is 0 Å². The van der Waals surface area contributed by atoms with E-state index in [1.165, 1.54) is 0 Å². The minimum absolute atomic E-state index is 0.105. The third-order valence-electron chi connectivity index (χ3n) is 3.38. The maximum absolute atomic E-state index is 10.7. The summed E-state index contributed by atoms with van der Waals surface area (Å²) < 4.78 is 0. The fourth-order valence-corrected chi connectivity index (χ4v) is 2.31. The molecular formula is C13H19N3O2. The molecule has 0 aromatic carbocycles. The van der Waals surface area contributed by atoms with Crippen molar-refractivity contribution in [3.63, 3.8) is 0 Å². The van der Waals surface area contributed by atoms with Crippen molar-refractivity contribution in [3.05, 3.63) is 24.4 Å². The van der Waals surface area contributed by atoms with Gasteiger partial charge in [-0.05, 0) is 19.1 Å². The SMILES string of the molecule is CC(CC(=O)O)N1CCN(c2ccccn2)CC1. The first-order valence-corrected chi connectivity index (χ1v) is 6.28. The van der Waals surface area contributed by atoms with Crippen LogP contribution in [0.2, 0.25) is 0 Å². The Labute approximate surface area is 107 Å². The Hall–Kier alpha value is -1.62. The lowest BCUT2D eigenvalue weighted by molar-refractivity contribution is -0.138. The molecule has 0 bridgehead atoms. The van der Waals surface area contributed by atoms with Crippen molar-refractivity contribution in [1.29, 1.82) is 0 Å². The van der Waals surface area contributed by atoms with Gasteiger partial charge in [0.05, 0.1) is 6.42 Å². The van der Waals surface area contributed by atoms with Crippen molar-refractivity contribution in [3.8, 4) is 0 Å². The molecule has 1 aromatic heterocycles. The van der Waals surface area contributed by atoms with E-state index in [2.05, 4.69) is 14.8 Å². The minimum Gasteiger partial charge on any atom is -0.481 e. The Morgan fingerprint density at radius 2 is 2.11 bits per heavy atom. The normalized spacial score (nSPS) is 18.6. The van der Waals surface area contributed by atoms with Gasteiger partial charge < -0.3 is 10.0 Å². The Bertz CT molecular complexity index is 388. The summed E-state index contributed by atoms with van der Waals surface area (Å²) >= 11 is 0. The van der Waals surface area contributed by atoms with Crippen LogP contribution in [0, 0.1) is 0 Å². The predicted molar refractivity (Wildman–Crippen MR) is 69.7 cm³/mol. The molecule has 18 heavy (non-hydrogen) atoms. The van der Waals surface area contributed by atoms with E-state index in [1.54, 1.807) is 6.20 Å². The number of carboxylic acid groups (broad SMARTS) is 1. The number of pyridine rings is 1. The third kappa shape index (κ3) is 3.20. The van der Waals surface area contributed by atoms with Crippen molar-refractivity contribution in [2.75, 3.05) is 31.1 Å². The topological polar surface area (TPSA) is 56.7 Å². The molecule has 1 fully saturated rings. The van der Waals surface area contributed by atoms with E-state index in [4.69, 9.17) is 5.11 Å². The number of hydrogen-bond donors (Lipinski definition) is 1. The summed E-state index contributed by atoms with van der Waals surface area (Å²) in [4.78, 5) is 19.5. The fourth-order valence-electron chi connectivity index (χ4n) is 2.31. The molecule has 0 radical (unpaired) electrons. The molecule has 1 unspecified atom stereocenters. The molecule has 2 heterocycles. The van der Waals surface area contributed by atoms with Crippen LogP contribution >= 0.6 is 0 Å². The molecule has 1 aliphatic rings. The van der Waals surface area contributed by atoms with E-state index < -0.39 is 5.97 Å². The molecule has 1 N–H and O–H groups in total. The maximum atomic E-state index is 10.7. The average molecular weight is 249 g/mol. The van der Waals surface area contributed by atoms with E-state index in [-0.39, 0.29) is 12.5 Å². The number of carbonyl (C=O) groups is 1. The molecular weight excluding hydrogens is 230 g/mol. The van der Waals surface area contributed by atoms with Gasteiger partial charge in [-0.15, -0.1) is 0 Å². The van der Waals surface area contributed by atoms with Gasteiger partial charge in [-0.2, -0.15) is 0 Å². The number of piperazine rings is 1.